The zero-order valence-electron chi connectivity index (χ0n) is 16.5. The Hall–Kier alpha value is -3.31. The van der Waals surface area contributed by atoms with E-state index in [4.69, 9.17) is 28.3 Å². The molecule has 4 aromatic rings. The summed E-state index contributed by atoms with van der Waals surface area (Å²) in [6, 6.07) is 8.37. The maximum atomic E-state index is 14.6. The van der Waals surface area contributed by atoms with Gasteiger partial charge >= 0.3 is 6.18 Å². The van der Waals surface area contributed by atoms with E-state index in [2.05, 4.69) is 15.6 Å². The lowest BCUT2D eigenvalue weighted by molar-refractivity contribution is -0.142. The number of benzene rings is 2. The molecule has 5 nitrogen and oxygen atoms in total. The average Bonchev–Trinajstić information content (AvgIpc) is 3.37. The molecule has 0 amide bonds. The molecule has 0 saturated carbocycles. The van der Waals surface area contributed by atoms with Gasteiger partial charge in [-0.3, -0.25) is 0 Å². The van der Waals surface area contributed by atoms with Crippen molar-refractivity contribution in [2.45, 2.75) is 6.18 Å². The van der Waals surface area contributed by atoms with Crippen molar-refractivity contribution in [3.63, 3.8) is 0 Å². The van der Waals surface area contributed by atoms with Gasteiger partial charge in [0.15, 0.2) is 11.5 Å². The summed E-state index contributed by atoms with van der Waals surface area (Å²) in [5.41, 5.74) is -2.42. The summed E-state index contributed by atoms with van der Waals surface area (Å²) in [5, 5.41) is 10.2. The summed E-state index contributed by atoms with van der Waals surface area (Å²) >= 11 is 11.4. The molecule has 170 valence electrons. The fourth-order valence-electron chi connectivity index (χ4n) is 3.30. The van der Waals surface area contributed by atoms with Gasteiger partial charge in [0.2, 0.25) is 0 Å². The first kappa shape index (κ1) is 22.9. The highest BCUT2D eigenvalue weighted by Gasteiger charge is 2.41. The van der Waals surface area contributed by atoms with E-state index in [0.717, 1.165) is 24.4 Å². The minimum absolute atomic E-state index is 0.0403. The van der Waals surface area contributed by atoms with Crippen molar-refractivity contribution in [1.82, 2.24) is 20.3 Å². The maximum absolute atomic E-state index is 14.6. The van der Waals surface area contributed by atoms with E-state index in [-0.39, 0.29) is 32.5 Å². The quantitative estimate of drug-likeness (QED) is 0.275. The van der Waals surface area contributed by atoms with Crippen LogP contribution in [0.5, 0.6) is 0 Å². The monoisotopic (exact) mass is 498 g/mol. The van der Waals surface area contributed by atoms with Crippen LogP contribution in [0, 0.1) is 11.6 Å². The van der Waals surface area contributed by atoms with E-state index in [1.807, 2.05) is 0 Å². The molecule has 12 heteroatoms. The highest BCUT2D eigenvalue weighted by molar-refractivity contribution is 7.80. The number of nitrogens with zero attached hydrogens (tertiary/aromatic N) is 3. The van der Waals surface area contributed by atoms with Crippen LogP contribution < -0.4 is 5.32 Å². The van der Waals surface area contributed by atoms with Crippen LogP contribution in [0.25, 0.3) is 28.3 Å². The van der Waals surface area contributed by atoms with Crippen LogP contribution in [-0.4, -0.2) is 27.0 Å². The van der Waals surface area contributed by atoms with Crippen molar-refractivity contribution >= 4 is 28.8 Å². The zero-order chi connectivity index (χ0) is 23.9. The molecule has 0 saturated heterocycles. The molecule has 33 heavy (non-hydrogen) atoms. The minimum atomic E-state index is -4.93. The summed E-state index contributed by atoms with van der Waals surface area (Å²) < 4.78 is 76.4. The van der Waals surface area contributed by atoms with Gasteiger partial charge in [-0.05, 0) is 30.3 Å². The Morgan fingerprint density at radius 2 is 1.88 bits per heavy atom. The number of hydrogen-bond donors (Lipinski definition) is 1. The molecule has 0 bridgehead atoms. The molecule has 1 N–H and O–H groups in total. The van der Waals surface area contributed by atoms with Crippen LogP contribution in [0.4, 0.5) is 22.0 Å². The van der Waals surface area contributed by atoms with Crippen molar-refractivity contribution in [3.8, 4) is 28.3 Å². The van der Waals surface area contributed by atoms with Crippen LogP contribution in [0.15, 0.2) is 53.2 Å². The van der Waals surface area contributed by atoms with Gasteiger partial charge in [0, 0.05) is 7.05 Å². The summed E-state index contributed by atoms with van der Waals surface area (Å²) in [5.74, 6) is -1.92. The van der Waals surface area contributed by atoms with E-state index in [0.29, 0.717) is 4.68 Å². The average molecular weight is 499 g/mol. The molecule has 0 spiro atoms. The lowest BCUT2D eigenvalue weighted by Crippen LogP contribution is -2.19. The topological polar surface area (TPSA) is 55.9 Å². The van der Waals surface area contributed by atoms with Crippen molar-refractivity contribution < 1.29 is 26.5 Å². The lowest BCUT2D eigenvalue weighted by Gasteiger charge is -2.13. The zero-order valence-corrected chi connectivity index (χ0v) is 18.1. The molecule has 0 aliphatic heterocycles. The third-order valence-corrected chi connectivity index (χ3v) is 5.40. The summed E-state index contributed by atoms with van der Waals surface area (Å²) in [6.07, 6.45) is -4.04. The highest BCUT2D eigenvalue weighted by Crippen LogP contribution is 2.43. The number of alkyl halides is 3. The largest absolute Gasteiger partial charge is 0.434 e. The smallest absolute Gasteiger partial charge is 0.379 e. The van der Waals surface area contributed by atoms with E-state index >= 15 is 0 Å². The highest BCUT2D eigenvalue weighted by atomic mass is 35.5. The Morgan fingerprint density at radius 3 is 2.52 bits per heavy atom. The van der Waals surface area contributed by atoms with Crippen molar-refractivity contribution in [3.05, 3.63) is 76.6 Å². The third-order valence-electron chi connectivity index (χ3n) is 4.68. The van der Waals surface area contributed by atoms with Crippen LogP contribution in [0.1, 0.15) is 11.3 Å². The molecule has 0 unspecified atom stereocenters. The Morgan fingerprint density at radius 1 is 1.15 bits per heavy atom. The van der Waals surface area contributed by atoms with Gasteiger partial charge in [-0.2, -0.15) is 18.3 Å². The molecular weight excluding hydrogens is 487 g/mol. The second kappa shape index (κ2) is 8.56. The molecular formula is C21H12ClF5N4OS. The Kier molecular flexibility index (Phi) is 5.93. The number of halogens is 6. The molecule has 0 aliphatic rings. The predicted octanol–water partition coefficient (Wildman–Crippen LogP) is 6.04. The van der Waals surface area contributed by atoms with E-state index in [1.54, 1.807) is 0 Å². The van der Waals surface area contributed by atoms with Gasteiger partial charge in [-0.1, -0.05) is 41.1 Å². The van der Waals surface area contributed by atoms with Crippen molar-refractivity contribution in [2.75, 3.05) is 7.05 Å². The summed E-state index contributed by atoms with van der Waals surface area (Å²) in [4.78, 5) is -0.0628. The predicted molar refractivity (Wildman–Crippen MR) is 115 cm³/mol. The van der Waals surface area contributed by atoms with Crippen LogP contribution in [-0.2, 0) is 6.18 Å². The Bertz CT molecular complexity index is 1340. The van der Waals surface area contributed by atoms with Crippen LogP contribution >= 0.6 is 23.8 Å². The molecule has 4 rings (SSSR count). The number of rotatable bonds is 4. The third kappa shape index (κ3) is 4.09. The fourth-order valence-corrected chi connectivity index (χ4v) is 3.74. The van der Waals surface area contributed by atoms with E-state index in [9.17, 15) is 22.0 Å². The van der Waals surface area contributed by atoms with E-state index < -0.39 is 34.8 Å². The first-order valence-electron chi connectivity index (χ1n) is 9.21. The first-order chi connectivity index (χ1) is 15.6. The normalized spacial score (nSPS) is 11.6. The Labute approximate surface area is 193 Å². The SMILES string of the molecule is CNC(=S)c1c(-c2c(F)cccc2Cl)noc1-c1cnn(-c2cccc(F)c2)c1C(F)(F)F. The fraction of sp³-hybridized carbons (Fsp3) is 0.0952. The van der Waals surface area contributed by atoms with Gasteiger partial charge in [0.1, 0.15) is 22.3 Å². The van der Waals surface area contributed by atoms with Gasteiger partial charge in [0.05, 0.1) is 33.6 Å². The second-order valence-electron chi connectivity index (χ2n) is 6.71. The van der Waals surface area contributed by atoms with Crippen LogP contribution in [0.3, 0.4) is 0 Å². The molecule has 2 aromatic heterocycles. The van der Waals surface area contributed by atoms with Crippen LogP contribution in [0.2, 0.25) is 5.02 Å². The molecule has 0 atom stereocenters. The van der Waals surface area contributed by atoms with Crippen molar-refractivity contribution in [1.29, 1.82) is 0 Å². The van der Waals surface area contributed by atoms with Gasteiger partial charge < -0.3 is 9.84 Å². The lowest BCUT2D eigenvalue weighted by atomic mass is 10.0. The number of hydrogen-bond acceptors (Lipinski definition) is 4. The number of nitrogens with one attached hydrogen (secondary N) is 1. The standard InChI is InChI=1S/C21H12ClF5N4OS/c1-28-20(33)16-17(15-13(22)6-3-7-14(15)24)30-32-18(16)12-9-29-31(19(12)21(25,26)27)11-5-2-4-10(23)8-11/h2-9H,1H3,(H,28,33). The Balaban J connectivity index is 2.01. The molecule has 0 aliphatic carbocycles. The summed E-state index contributed by atoms with van der Waals surface area (Å²) in [7, 11) is 1.44. The summed E-state index contributed by atoms with van der Waals surface area (Å²) in [6.45, 7) is 0. The van der Waals surface area contributed by atoms with Crippen molar-refractivity contribution in [2.24, 2.45) is 0 Å². The maximum Gasteiger partial charge on any atom is 0.434 e. The molecule has 2 heterocycles. The molecule has 2 aromatic carbocycles. The van der Waals surface area contributed by atoms with Gasteiger partial charge in [0.25, 0.3) is 0 Å². The van der Waals surface area contributed by atoms with Gasteiger partial charge in [-0.25, -0.2) is 13.5 Å². The minimum Gasteiger partial charge on any atom is -0.379 e. The van der Waals surface area contributed by atoms with E-state index in [1.165, 1.54) is 31.3 Å². The number of aromatic nitrogens is 3. The second-order valence-corrected chi connectivity index (χ2v) is 7.52. The molecule has 0 radical (unpaired) electrons. The molecule has 0 fully saturated rings. The number of thiocarbonyl (C=S) groups is 1. The first-order valence-corrected chi connectivity index (χ1v) is 9.99. The van der Waals surface area contributed by atoms with Gasteiger partial charge in [-0.15, -0.1) is 0 Å².